The number of amides is 1. The Morgan fingerprint density at radius 2 is 1.88 bits per heavy atom. The summed E-state index contributed by atoms with van der Waals surface area (Å²) in [4.78, 5) is 12.8. The van der Waals surface area contributed by atoms with Crippen molar-refractivity contribution in [2.24, 2.45) is 0 Å². The summed E-state index contributed by atoms with van der Waals surface area (Å²) >= 11 is 6.31. The van der Waals surface area contributed by atoms with Crippen molar-refractivity contribution >= 4 is 29.0 Å². The molecule has 33 heavy (non-hydrogen) atoms. The number of hydrogen-bond donors (Lipinski definition) is 2. The molecule has 0 saturated heterocycles. The maximum absolute atomic E-state index is 13.9. The quantitative estimate of drug-likeness (QED) is 0.494. The van der Waals surface area contributed by atoms with Crippen molar-refractivity contribution in [1.82, 2.24) is 9.78 Å². The SMILES string of the molecule is O=C(Nc1ccc2c(c1)OCO2)c1nn2c(c1Cl)N[C@H](c1ccc(F)cc1)C[C@H]2C(F)(F)F. The minimum absolute atomic E-state index is 0.0477. The molecule has 12 heteroatoms. The molecule has 0 unspecified atom stereocenters. The monoisotopic (exact) mass is 482 g/mol. The number of benzene rings is 2. The third-order valence-electron chi connectivity index (χ3n) is 5.41. The molecule has 1 amide bonds. The van der Waals surface area contributed by atoms with Crippen LogP contribution in [-0.2, 0) is 0 Å². The molecule has 0 bridgehead atoms. The van der Waals surface area contributed by atoms with Gasteiger partial charge in [-0.05, 0) is 29.8 Å². The van der Waals surface area contributed by atoms with Crippen molar-refractivity contribution in [1.29, 1.82) is 0 Å². The topological polar surface area (TPSA) is 77.4 Å². The molecule has 2 aliphatic rings. The van der Waals surface area contributed by atoms with Crippen LogP contribution in [0.15, 0.2) is 42.5 Å². The van der Waals surface area contributed by atoms with E-state index in [0.717, 1.165) is 12.1 Å². The summed E-state index contributed by atoms with van der Waals surface area (Å²) in [5.41, 5.74) is 0.405. The zero-order valence-electron chi connectivity index (χ0n) is 16.6. The highest BCUT2D eigenvalue weighted by Crippen LogP contribution is 2.46. The van der Waals surface area contributed by atoms with Crippen LogP contribution < -0.4 is 20.1 Å². The first-order chi connectivity index (χ1) is 15.7. The van der Waals surface area contributed by atoms with Gasteiger partial charge in [-0.1, -0.05) is 23.7 Å². The van der Waals surface area contributed by atoms with E-state index in [-0.39, 0.29) is 23.3 Å². The molecule has 7 nitrogen and oxygen atoms in total. The molecule has 0 radical (unpaired) electrons. The van der Waals surface area contributed by atoms with Crippen molar-refractivity contribution < 1.29 is 31.8 Å². The predicted molar refractivity (Wildman–Crippen MR) is 110 cm³/mol. The third kappa shape index (κ3) is 3.92. The van der Waals surface area contributed by atoms with Gasteiger partial charge in [0.05, 0.1) is 6.04 Å². The molecule has 5 rings (SSSR count). The predicted octanol–water partition coefficient (Wildman–Crippen LogP) is 5.32. The molecule has 2 aliphatic heterocycles. The van der Waals surface area contributed by atoms with Crippen LogP contribution in [0.25, 0.3) is 0 Å². The zero-order chi connectivity index (χ0) is 23.3. The number of anilines is 2. The van der Waals surface area contributed by atoms with Crippen molar-refractivity contribution in [3.63, 3.8) is 0 Å². The minimum Gasteiger partial charge on any atom is -0.454 e. The summed E-state index contributed by atoms with van der Waals surface area (Å²) in [6.07, 6.45) is -5.07. The molecule has 3 aromatic rings. The lowest BCUT2D eigenvalue weighted by Gasteiger charge is -2.33. The molecule has 1 aromatic heterocycles. The van der Waals surface area contributed by atoms with Gasteiger partial charge in [0.2, 0.25) is 6.79 Å². The Morgan fingerprint density at radius 1 is 1.15 bits per heavy atom. The summed E-state index contributed by atoms with van der Waals surface area (Å²) in [6.45, 7) is 0.0477. The second-order valence-corrected chi connectivity index (χ2v) is 7.90. The second kappa shape index (κ2) is 7.84. The highest BCUT2D eigenvalue weighted by Gasteiger charge is 2.47. The number of hydrogen-bond acceptors (Lipinski definition) is 5. The molecule has 2 atom stereocenters. The number of alkyl halides is 3. The van der Waals surface area contributed by atoms with Gasteiger partial charge < -0.3 is 20.1 Å². The van der Waals surface area contributed by atoms with E-state index >= 15 is 0 Å². The highest BCUT2D eigenvalue weighted by atomic mass is 35.5. The van der Waals surface area contributed by atoms with Crippen LogP contribution >= 0.6 is 11.6 Å². The van der Waals surface area contributed by atoms with Crippen LogP contribution in [0.2, 0.25) is 5.02 Å². The fourth-order valence-corrected chi connectivity index (χ4v) is 4.08. The summed E-state index contributed by atoms with van der Waals surface area (Å²) in [7, 11) is 0. The van der Waals surface area contributed by atoms with E-state index in [0.29, 0.717) is 27.4 Å². The average Bonchev–Trinajstić information content (AvgIpc) is 3.37. The number of aromatic nitrogens is 2. The van der Waals surface area contributed by atoms with Crippen molar-refractivity contribution in [2.75, 3.05) is 17.4 Å². The second-order valence-electron chi connectivity index (χ2n) is 7.52. The van der Waals surface area contributed by atoms with Crippen LogP contribution in [0.5, 0.6) is 11.5 Å². The summed E-state index contributed by atoms with van der Waals surface area (Å²) in [6, 6.07) is 6.93. The molecule has 172 valence electrons. The van der Waals surface area contributed by atoms with Crippen LogP contribution in [0, 0.1) is 5.82 Å². The fraction of sp³-hybridized carbons (Fsp3) is 0.238. The Morgan fingerprint density at radius 3 is 2.61 bits per heavy atom. The van der Waals surface area contributed by atoms with Gasteiger partial charge in [-0.2, -0.15) is 18.3 Å². The van der Waals surface area contributed by atoms with Crippen molar-refractivity contribution in [2.45, 2.75) is 24.7 Å². The lowest BCUT2D eigenvalue weighted by molar-refractivity contribution is -0.173. The standard InChI is InChI=1S/C21H15ClF4N4O3/c22-17-18(20(31)27-12-5-6-14-15(7-12)33-9-32-14)29-30-16(21(24,25)26)8-13(28-19(17)30)10-1-3-11(23)4-2-10/h1-7,13,16,28H,8-9H2,(H,27,31)/t13-,16-/m0/s1. The van der Waals surface area contributed by atoms with Crippen molar-refractivity contribution in [3.8, 4) is 11.5 Å². The lowest BCUT2D eigenvalue weighted by Crippen LogP contribution is -2.35. The molecule has 2 N–H and O–H groups in total. The molecular weight excluding hydrogens is 468 g/mol. The Bertz CT molecular complexity index is 1230. The van der Waals surface area contributed by atoms with Crippen molar-refractivity contribution in [3.05, 3.63) is 64.6 Å². The first-order valence-electron chi connectivity index (χ1n) is 9.78. The van der Waals surface area contributed by atoms with E-state index in [1.807, 2.05) is 0 Å². The Labute approximate surface area is 189 Å². The van der Waals surface area contributed by atoms with E-state index in [9.17, 15) is 22.4 Å². The molecule has 0 aliphatic carbocycles. The number of fused-ring (bicyclic) bond motifs is 2. The summed E-state index contributed by atoms with van der Waals surface area (Å²) < 4.78 is 66.0. The van der Waals surface area contributed by atoms with E-state index < -0.39 is 36.4 Å². The molecule has 3 heterocycles. The molecule has 0 saturated carbocycles. The van der Waals surface area contributed by atoms with Gasteiger partial charge in [0.1, 0.15) is 16.7 Å². The number of rotatable bonds is 3. The van der Waals surface area contributed by atoms with Gasteiger partial charge in [-0.25, -0.2) is 9.07 Å². The first kappa shape index (κ1) is 21.4. The molecule has 0 spiro atoms. The molecule has 0 fully saturated rings. The maximum atomic E-state index is 13.9. The number of nitrogens with zero attached hydrogens (tertiary/aromatic N) is 2. The van der Waals surface area contributed by atoms with Gasteiger partial charge in [-0.15, -0.1) is 0 Å². The van der Waals surface area contributed by atoms with Gasteiger partial charge in [0.25, 0.3) is 5.91 Å². The summed E-state index contributed by atoms with van der Waals surface area (Å²) in [5.74, 6) is -0.513. The van der Waals surface area contributed by atoms with Gasteiger partial charge in [-0.3, -0.25) is 4.79 Å². The largest absolute Gasteiger partial charge is 0.454 e. The van der Waals surface area contributed by atoms with E-state index in [2.05, 4.69) is 15.7 Å². The van der Waals surface area contributed by atoms with E-state index in [4.69, 9.17) is 21.1 Å². The number of nitrogens with one attached hydrogen (secondary N) is 2. The Hall–Kier alpha value is -3.47. The van der Waals surface area contributed by atoms with Crippen LogP contribution in [0.1, 0.15) is 34.6 Å². The van der Waals surface area contributed by atoms with Crippen LogP contribution in [0.3, 0.4) is 0 Å². The number of carbonyl (C=O) groups excluding carboxylic acids is 1. The smallest absolute Gasteiger partial charge is 0.410 e. The number of halogens is 5. The Kier molecular flexibility index (Phi) is 5.08. The van der Waals surface area contributed by atoms with E-state index in [1.54, 1.807) is 12.1 Å². The zero-order valence-corrected chi connectivity index (χ0v) is 17.4. The van der Waals surface area contributed by atoms with Gasteiger partial charge in [0.15, 0.2) is 23.2 Å². The highest BCUT2D eigenvalue weighted by molar-refractivity contribution is 6.36. The number of carbonyl (C=O) groups is 1. The Balaban J connectivity index is 1.47. The first-order valence-corrected chi connectivity index (χ1v) is 10.2. The van der Waals surface area contributed by atoms with Crippen LogP contribution in [0.4, 0.5) is 29.1 Å². The molecule has 2 aromatic carbocycles. The molecular formula is C21H15ClF4N4O3. The minimum atomic E-state index is -4.66. The van der Waals surface area contributed by atoms with E-state index in [1.165, 1.54) is 18.2 Å². The fourth-order valence-electron chi connectivity index (χ4n) is 3.81. The summed E-state index contributed by atoms with van der Waals surface area (Å²) in [5, 5.41) is 9.09. The average molecular weight is 483 g/mol. The maximum Gasteiger partial charge on any atom is 0.410 e. The normalized spacial score (nSPS) is 19.1. The third-order valence-corrected chi connectivity index (χ3v) is 5.77. The number of ether oxygens (including phenoxy) is 2. The van der Waals surface area contributed by atoms with Gasteiger partial charge in [0, 0.05) is 18.2 Å². The van der Waals surface area contributed by atoms with Crippen LogP contribution in [-0.4, -0.2) is 28.7 Å². The van der Waals surface area contributed by atoms with Gasteiger partial charge >= 0.3 is 6.18 Å². The lowest BCUT2D eigenvalue weighted by atomic mass is 9.97.